The Kier molecular flexibility index (Phi) is 2.00. The number of thiophene rings is 1. The molecule has 0 bridgehead atoms. The molecule has 2 rings (SSSR count). The zero-order valence-electron chi connectivity index (χ0n) is 7.74. The Labute approximate surface area is 81.6 Å². The molecule has 0 aliphatic carbocycles. The van der Waals surface area contributed by atoms with Crippen LogP contribution in [0.3, 0.4) is 0 Å². The van der Waals surface area contributed by atoms with E-state index in [0.717, 1.165) is 0 Å². The lowest BCUT2D eigenvalue weighted by Crippen LogP contribution is -1.82. The van der Waals surface area contributed by atoms with Crippen LogP contribution in [0.4, 0.5) is 0 Å². The maximum atomic E-state index is 9.28. The molecule has 0 unspecified atom stereocenters. The van der Waals surface area contributed by atoms with Gasteiger partial charge in [-0.05, 0) is 40.4 Å². The van der Waals surface area contributed by atoms with Gasteiger partial charge in [-0.15, -0.1) is 11.3 Å². The first-order chi connectivity index (χ1) is 6.18. The van der Waals surface area contributed by atoms with E-state index in [2.05, 4.69) is 19.2 Å². The fourth-order valence-electron chi connectivity index (χ4n) is 1.48. The standard InChI is InChI=1S/C11H12OS/c1-7(2)10-6-13-11-5-8(12)3-4-9(10)11/h3-7,12H,1-2H3. The van der Waals surface area contributed by atoms with Gasteiger partial charge in [0.25, 0.3) is 0 Å². The number of rotatable bonds is 1. The summed E-state index contributed by atoms with van der Waals surface area (Å²) in [4.78, 5) is 0. The highest BCUT2D eigenvalue weighted by atomic mass is 32.1. The highest BCUT2D eigenvalue weighted by Gasteiger charge is 2.07. The number of hydrogen-bond acceptors (Lipinski definition) is 2. The van der Waals surface area contributed by atoms with Crippen LogP contribution in [-0.2, 0) is 0 Å². The van der Waals surface area contributed by atoms with Crippen molar-refractivity contribution in [3.63, 3.8) is 0 Å². The van der Waals surface area contributed by atoms with Crippen LogP contribution in [-0.4, -0.2) is 5.11 Å². The third-order valence-electron chi connectivity index (χ3n) is 2.21. The molecule has 0 spiro atoms. The van der Waals surface area contributed by atoms with Crippen molar-refractivity contribution in [3.05, 3.63) is 29.1 Å². The molecule has 1 N–H and O–H groups in total. The minimum Gasteiger partial charge on any atom is -0.508 e. The molecular weight excluding hydrogens is 180 g/mol. The van der Waals surface area contributed by atoms with Crippen molar-refractivity contribution in [1.82, 2.24) is 0 Å². The molecule has 2 aromatic rings. The zero-order valence-corrected chi connectivity index (χ0v) is 8.56. The van der Waals surface area contributed by atoms with Crippen molar-refractivity contribution in [3.8, 4) is 5.75 Å². The molecule has 0 radical (unpaired) electrons. The van der Waals surface area contributed by atoms with Gasteiger partial charge in [-0.1, -0.05) is 13.8 Å². The first-order valence-corrected chi connectivity index (χ1v) is 5.26. The van der Waals surface area contributed by atoms with Crippen LogP contribution in [0.1, 0.15) is 25.3 Å². The Hall–Kier alpha value is -1.02. The van der Waals surface area contributed by atoms with Crippen molar-refractivity contribution in [1.29, 1.82) is 0 Å². The predicted molar refractivity (Wildman–Crippen MR) is 57.6 cm³/mol. The van der Waals surface area contributed by atoms with E-state index in [4.69, 9.17) is 0 Å². The highest BCUT2D eigenvalue weighted by Crippen LogP contribution is 2.32. The van der Waals surface area contributed by atoms with Crippen molar-refractivity contribution >= 4 is 21.4 Å². The summed E-state index contributed by atoms with van der Waals surface area (Å²) in [7, 11) is 0. The summed E-state index contributed by atoms with van der Waals surface area (Å²) >= 11 is 1.70. The van der Waals surface area contributed by atoms with Crippen LogP contribution in [0.5, 0.6) is 5.75 Å². The van der Waals surface area contributed by atoms with E-state index >= 15 is 0 Å². The summed E-state index contributed by atoms with van der Waals surface area (Å²) in [5, 5.41) is 12.7. The minimum atomic E-state index is 0.352. The third kappa shape index (κ3) is 1.42. The molecule has 1 aromatic heterocycles. The number of phenolic OH excluding ortho intramolecular Hbond substituents is 1. The summed E-state index contributed by atoms with van der Waals surface area (Å²) in [5.74, 6) is 0.906. The van der Waals surface area contributed by atoms with Gasteiger partial charge in [0.1, 0.15) is 5.75 Å². The quantitative estimate of drug-likeness (QED) is 0.730. The van der Waals surface area contributed by atoms with Gasteiger partial charge in [0.05, 0.1) is 0 Å². The molecule has 1 heterocycles. The third-order valence-corrected chi connectivity index (χ3v) is 3.17. The van der Waals surface area contributed by atoms with E-state index < -0.39 is 0 Å². The normalized spacial score (nSPS) is 11.3. The molecule has 1 aromatic carbocycles. The Morgan fingerprint density at radius 2 is 2.08 bits per heavy atom. The average molecular weight is 192 g/mol. The Bertz CT molecular complexity index is 429. The predicted octanol–water partition coefficient (Wildman–Crippen LogP) is 3.73. The Morgan fingerprint density at radius 3 is 2.77 bits per heavy atom. The van der Waals surface area contributed by atoms with Gasteiger partial charge in [0, 0.05) is 4.70 Å². The van der Waals surface area contributed by atoms with Crippen LogP contribution >= 0.6 is 11.3 Å². The lowest BCUT2D eigenvalue weighted by atomic mass is 10.0. The second kappa shape index (κ2) is 3.04. The summed E-state index contributed by atoms with van der Waals surface area (Å²) in [6.45, 7) is 4.38. The van der Waals surface area contributed by atoms with E-state index in [1.165, 1.54) is 15.6 Å². The van der Waals surface area contributed by atoms with Crippen molar-refractivity contribution in [2.24, 2.45) is 0 Å². The van der Waals surface area contributed by atoms with Crippen LogP contribution < -0.4 is 0 Å². The first kappa shape index (κ1) is 8.57. The van der Waals surface area contributed by atoms with Gasteiger partial charge >= 0.3 is 0 Å². The summed E-state index contributed by atoms with van der Waals surface area (Å²) in [6, 6.07) is 5.57. The second-order valence-electron chi connectivity index (χ2n) is 3.53. The summed E-state index contributed by atoms with van der Waals surface area (Å²) in [6.07, 6.45) is 0. The molecule has 0 amide bonds. The molecule has 0 saturated carbocycles. The van der Waals surface area contributed by atoms with Gasteiger partial charge in [-0.3, -0.25) is 0 Å². The largest absolute Gasteiger partial charge is 0.508 e. The molecule has 13 heavy (non-hydrogen) atoms. The smallest absolute Gasteiger partial charge is 0.117 e. The fourth-order valence-corrected chi connectivity index (χ4v) is 2.64. The van der Waals surface area contributed by atoms with Gasteiger partial charge in [-0.25, -0.2) is 0 Å². The van der Waals surface area contributed by atoms with Crippen LogP contribution in [0.25, 0.3) is 10.1 Å². The maximum Gasteiger partial charge on any atom is 0.117 e. The molecular formula is C11H12OS. The molecule has 0 aliphatic heterocycles. The Morgan fingerprint density at radius 1 is 1.31 bits per heavy atom. The Balaban J connectivity index is 2.69. The monoisotopic (exact) mass is 192 g/mol. The van der Waals surface area contributed by atoms with Gasteiger partial charge < -0.3 is 5.11 Å². The number of phenols is 1. The maximum absolute atomic E-state index is 9.28. The van der Waals surface area contributed by atoms with Crippen LogP contribution in [0, 0.1) is 0 Å². The second-order valence-corrected chi connectivity index (χ2v) is 4.44. The van der Waals surface area contributed by atoms with Crippen molar-refractivity contribution < 1.29 is 5.11 Å². The lowest BCUT2D eigenvalue weighted by Gasteiger charge is -2.01. The molecule has 0 fully saturated rings. The fraction of sp³-hybridized carbons (Fsp3) is 0.273. The lowest BCUT2D eigenvalue weighted by molar-refractivity contribution is 0.476. The number of aromatic hydroxyl groups is 1. The van der Waals surface area contributed by atoms with Gasteiger partial charge in [0.2, 0.25) is 0 Å². The summed E-state index contributed by atoms with van der Waals surface area (Å²) < 4.78 is 1.17. The molecule has 2 heteroatoms. The van der Waals surface area contributed by atoms with Crippen LogP contribution in [0.15, 0.2) is 23.6 Å². The average Bonchev–Trinajstić information content (AvgIpc) is 2.46. The van der Waals surface area contributed by atoms with Crippen molar-refractivity contribution in [2.75, 3.05) is 0 Å². The summed E-state index contributed by atoms with van der Waals surface area (Å²) in [5.41, 5.74) is 1.38. The van der Waals surface area contributed by atoms with E-state index in [-0.39, 0.29) is 0 Å². The minimum absolute atomic E-state index is 0.352. The zero-order chi connectivity index (χ0) is 9.42. The number of hydrogen-bond donors (Lipinski definition) is 1. The van der Waals surface area contributed by atoms with E-state index in [1.54, 1.807) is 17.4 Å². The topological polar surface area (TPSA) is 20.2 Å². The van der Waals surface area contributed by atoms with Crippen molar-refractivity contribution in [2.45, 2.75) is 19.8 Å². The van der Waals surface area contributed by atoms with Crippen LogP contribution in [0.2, 0.25) is 0 Å². The highest BCUT2D eigenvalue weighted by molar-refractivity contribution is 7.17. The van der Waals surface area contributed by atoms with E-state index in [1.807, 2.05) is 12.1 Å². The van der Waals surface area contributed by atoms with E-state index in [9.17, 15) is 5.11 Å². The van der Waals surface area contributed by atoms with Gasteiger partial charge in [-0.2, -0.15) is 0 Å². The van der Waals surface area contributed by atoms with E-state index in [0.29, 0.717) is 11.7 Å². The molecule has 0 atom stereocenters. The SMILES string of the molecule is CC(C)c1csc2cc(O)ccc12. The number of benzene rings is 1. The molecule has 68 valence electrons. The molecule has 0 aliphatic rings. The number of fused-ring (bicyclic) bond motifs is 1. The first-order valence-electron chi connectivity index (χ1n) is 4.38. The van der Waals surface area contributed by atoms with Gasteiger partial charge in [0.15, 0.2) is 0 Å². The molecule has 1 nitrogen and oxygen atoms in total. The molecule has 0 saturated heterocycles.